The molecule has 0 aliphatic carbocycles. The van der Waals surface area contributed by atoms with Crippen molar-refractivity contribution in [3.8, 4) is 0 Å². The predicted molar refractivity (Wildman–Crippen MR) is 71.2 cm³/mol. The Labute approximate surface area is 119 Å². The zero-order chi connectivity index (χ0) is 15.0. The van der Waals surface area contributed by atoms with Crippen LogP contribution in [0.3, 0.4) is 0 Å². The van der Waals surface area contributed by atoms with Gasteiger partial charge in [0.25, 0.3) is 5.91 Å². The minimum Gasteiger partial charge on any atom is -0.478 e. The van der Waals surface area contributed by atoms with Crippen LogP contribution in [0.5, 0.6) is 0 Å². The summed E-state index contributed by atoms with van der Waals surface area (Å²) in [5, 5.41) is 8.97. The van der Waals surface area contributed by atoms with Crippen LogP contribution in [0.25, 0.3) is 0 Å². The van der Waals surface area contributed by atoms with Gasteiger partial charge in [0.2, 0.25) is 5.95 Å². The van der Waals surface area contributed by atoms with E-state index in [0.29, 0.717) is 13.1 Å². The van der Waals surface area contributed by atoms with E-state index in [1.54, 1.807) is 12.1 Å². The van der Waals surface area contributed by atoms with Crippen molar-refractivity contribution in [3.63, 3.8) is 0 Å². The van der Waals surface area contributed by atoms with Crippen LogP contribution < -0.4 is 0 Å². The molecule has 106 valence electrons. The largest absolute Gasteiger partial charge is 0.478 e. The molecule has 1 aliphatic rings. The molecule has 1 N–H and O–H groups in total. The highest BCUT2D eigenvalue weighted by Crippen LogP contribution is 2.25. The highest BCUT2D eigenvalue weighted by atomic mass is 19.1. The molecule has 0 fully saturated rings. The molecule has 21 heavy (non-hydrogen) atoms. The Morgan fingerprint density at radius 2 is 1.90 bits per heavy atom. The van der Waals surface area contributed by atoms with E-state index in [1.807, 2.05) is 0 Å². The molecule has 1 amide bonds. The lowest BCUT2D eigenvalue weighted by atomic mass is 10.1. The van der Waals surface area contributed by atoms with Crippen molar-refractivity contribution in [1.82, 2.24) is 9.88 Å². The van der Waals surface area contributed by atoms with Gasteiger partial charge in [-0.05, 0) is 35.4 Å². The molecule has 3 rings (SSSR count). The predicted octanol–water partition coefficient (Wildman–Crippen LogP) is 2.07. The molecule has 1 aliphatic heterocycles. The van der Waals surface area contributed by atoms with Gasteiger partial charge in [0, 0.05) is 13.1 Å². The quantitative estimate of drug-likeness (QED) is 0.858. The lowest BCUT2D eigenvalue weighted by Gasteiger charge is -2.14. The molecule has 2 heterocycles. The molecule has 1 aromatic heterocycles. The molecule has 6 heteroatoms. The molecule has 0 unspecified atom stereocenters. The maximum Gasteiger partial charge on any atom is 0.335 e. The first-order chi connectivity index (χ1) is 10.0. The summed E-state index contributed by atoms with van der Waals surface area (Å²) >= 11 is 0. The molecule has 0 spiro atoms. The van der Waals surface area contributed by atoms with E-state index in [9.17, 15) is 14.0 Å². The van der Waals surface area contributed by atoms with Gasteiger partial charge >= 0.3 is 5.97 Å². The second-order valence-electron chi connectivity index (χ2n) is 4.80. The number of carbonyl (C=O) groups excluding carboxylic acids is 1. The summed E-state index contributed by atoms with van der Waals surface area (Å²) in [4.78, 5) is 28.3. The van der Waals surface area contributed by atoms with E-state index in [4.69, 9.17) is 5.11 Å². The van der Waals surface area contributed by atoms with Crippen LogP contribution in [-0.4, -0.2) is 26.9 Å². The number of carboxylic acids is 1. The average molecular weight is 286 g/mol. The first-order valence-corrected chi connectivity index (χ1v) is 6.31. The number of aromatic carboxylic acids is 1. The fraction of sp³-hybridized carbons (Fsp3) is 0.133. The zero-order valence-electron chi connectivity index (χ0n) is 10.9. The van der Waals surface area contributed by atoms with Crippen LogP contribution in [0.15, 0.2) is 36.4 Å². The van der Waals surface area contributed by atoms with Crippen LogP contribution in [0.2, 0.25) is 0 Å². The third-order valence-corrected chi connectivity index (χ3v) is 3.40. The van der Waals surface area contributed by atoms with Crippen LogP contribution in [-0.2, 0) is 13.1 Å². The topological polar surface area (TPSA) is 70.5 Å². The van der Waals surface area contributed by atoms with Crippen LogP contribution in [0.1, 0.15) is 32.0 Å². The number of benzene rings is 1. The molecule has 5 nitrogen and oxygen atoms in total. The number of hydrogen-bond acceptors (Lipinski definition) is 3. The SMILES string of the molecule is O=C(O)c1ccc2c(c1)CN(C(=O)c1cccc(F)n1)C2. The van der Waals surface area contributed by atoms with Crippen LogP contribution in [0, 0.1) is 5.95 Å². The first-order valence-electron chi connectivity index (χ1n) is 6.31. The Morgan fingerprint density at radius 3 is 2.62 bits per heavy atom. The van der Waals surface area contributed by atoms with E-state index < -0.39 is 11.9 Å². The summed E-state index contributed by atoms with van der Waals surface area (Å²) in [6.45, 7) is 0.666. The number of aromatic nitrogens is 1. The molecule has 0 saturated heterocycles. The Hall–Kier alpha value is -2.76. The van der Waals surface area contributed by atoms with Crippen molar-refractivity contribution in [2.75, 3.05) is 0 Å². The van der Waals surface area contributed by atoms with E-state index >= 15 is 0 Å². The summed E-state index contributed by atoms with van der Waals surface area (Å²) in [7, 11) is 0. The Kier molecular flexibility index (Phi) is 3.13. The van der Waals surface area contributed by atoms with Gasteiger partial charge in [-0.1, -0.05) is 12.1 Å². The van der Waals surface area contributed by atoms with Gasteiger partial charge in [-0.25, -0.2) is 9.78 Å². The lowest BCUT2D eigenvalue weighted by Crippen LogP contribution is -2.26. The first kappa shape index (κ1) is 13.2. The fourth-order valence-corrected chi connectivity index (χ4v) is 2.36. The van der Waals surface area contributed by atoms with Crippen molar-refractivity contribution < 1.29 is 19.1 Å². The monoisotopic (exact) mass is 286 g/mol. The summed E-state index contributed by atoms with van der Waals surface area (Å²) in [6.07, 6.45) is 0. The second kappa shape index (κ2) is 4.97. The van der Waals surface area contributed by atoms with E-state index in [-0.39, 0.29) is 17.2 Å². The Bertz CT molecular complexity index is 745. The third-order valence-electron chi connectivity index (χ3n) is 3.40. The number of rotatable bonds is 2. The minimum atomic E-state index is -1.01. The number of carbonyl (C=O) groups is 2. The van der Waals surface area contributed by atoms with Crippen molar-refractivity contribution >= 4 is 11.9 Å². The van der Waals surface area contributed by atoms with E-state index in [1.165, 1.54) is 29.2 Å². The number of halogens is 1. The average Bonchev–Trinajstić information content (AvgIpc) is 2.89. The van der Waals surface area contributed by atoms with Gasteiger partial charge in [-0.15, -0.1) is 0 Å². The number of carboxylic acid groups (broad SMARTS) is 1. The molecular weight excluding hydrogens is 275 g/mol. The van der Waals surface area contributed by atoms with Gasteiger partial charge < -0.3 is 10.0 Å². The van der Waals surface area contributed by atoms with Crippen molar-refractivity contribution in [3.05, 3.63) is 64.7 Å². The van der Waals surface area contributed by atoms with Gasteiger partial charge in [0.15, 0.2) is 0 Å². The maximum absolute atomic E-state index is 13.1. The highest BCUT2D eigenvalue weighted by molar-refractivity contribution is 5.93. The number of nitrogens with zero attached hydrogens (tertiary/aromatic N) is 2. The van der Waals surface area contributed by atoms with Gasteiger partial charge in [-0.2, -0.15) is 4.39 Å². The fourth-order valence-electron chi connectivity index (χ4n) is 2.36. The number of fused-ring (bicyclic) bond motifs is 1. The standard InChI is InChI=1S/C15H11FN2O3/c16-13-3-1-2-12(17-13)14(19)18-7-10-5-4-9(15(20)21)6-11(10)8-18/h1-6H,7-8H2,(H,20,21). The van der Waals surface area contributed by atoms with Crippen molar-refractivity contribution in [1.29, 1.82) is 0 Å². The number of pyridine rings is 1. The smallest absolute Gasteiger partial charge is 0.335 e. The molecular formula is C15H11FN2O3. The highest BCUT2D eigenvalue weighted by Gasteiger charge is 2.26. The van der Waals surface area contributed by atoms with E-state index in [0.717, 1.165) is 11.1 Å². The van der Waals surface area contributed by atoms with E-state index in [2.05, 4.69) is 4.98 Å². The number of amides is 1. The second-order valence-corrected chi connectivity index (χ2v) is 4.80. The maximum atomic E-state index is 13.1. The molecule has 0 saturated carbocycles. The van der Waals surface area contributed by atoms with Gasteiger partial charge in [0.05, 0.1) is 5.56 Å². The Morgan fingerprint density at radius 1 is 1.14 bits per heavy atom. The molecule has 1 aromatic carbocycles. The summed E-state index contributed by atoms with van der Waals surface area (Å²) in [6, 6.07) is 8.83. The van der Waals surface area contributed by atoms with Crippen LogP contribution in [0.4, 0.5) is 4.39 Å². The molecule has 0 bridgehead atoms. The summed E-state index contributed by atoms with van der Waals surface area (Å²) < 4.78 is 13.1. The third kappa shape index (κ3) is 2.47. The summed E-state index contributed by atoms with van der Waals surface area (Å²) in [5.74, 6) is -2.08. The van der Waals surface area contributed by atoms with Crippen LogP contribution >= 0.6 is 0 Å². The van der Waals surface area contributed by atoms with Crippen molar-refractivity contribution in [2.24, 2.45) is 0 Å². The molecule has 0 radical (unpaired) electrons. The molecule has 0 atom stereocenters. The molecule has 2 aromatic rings. The lowest BCUT2D eigenvalue weighted by molar-refractivity contribution is 0.0696. The normalized spacial score (nSPS) is 13.1. The summed E-state index contributed by atoms with van der Waals surface area (Å²) in [5.41, 5.74) is 1.91. The zero-order valence-corrected chi connectivity index (χ0v) is 10.9. The Balaban J connectivity index is 1.84. The van der Waals surface area contributed by atoms with Crippen molar-refractivity contribution in [2.45, 2.75) is 13.1 Å². The van der Waals surface area contributed by atoms with Gasteiger partial charge in [0.1, 0.15) is 5.69 Å². The van der Waals surface area contributed by atoms with Gasteiger partial charge in [-0.3, -0.25) is 4.79 Å². The number of hydrogen-bond donors (Lipinski definition) is 1. The minimum absolute atomic E-state index is 0.0428.